The van der Waals surface area contributed by atoms with Crippen LogP contribution in [0.15, 0.2) is 63.8 Å². The summed E-state index contributed by atoms with van der Waals surface area (Å²) in [7, 11) is 0. The molecule has 0 fully saturated rings. The number of aryl methyl sites for hydroxylation is 2. The Kier molecular flexibility index (Phi) is 9.14. The molecule has 0 saturated heterocycles. The summed E-state index contributed by atoms with van der Waals surface area (Å²) < 4.78 is 17.1. The molecule has 0 amide bonds. The second-order valence-electron chi connectivity index (χ2n) is 10.1. The molecule has 0 aliphatic carbocycles. The highest BCUT2D eigenvalue weighted by Gasteiger charge is 2.26. The van der Waals surface area contributed by atoms with E-state index in [1.54, 1.807) is 13.0 Å². The van der Waals surface area contributed by atoms with Gasteiger partial charge in [0.25, 0.3) is 0 Å². The third-order valence-electron chi connectivity index (χ3n) is 6.70. The number of carbonyl (C=O) groups is 1. The SMILES string of the molecule is C=C(C)C(=O)OCC(C)(CC)COc1ccc2cc(-c3ccc(CCCCC)cc3C)c(=O)oc2c1. The van der Waals surface area contributed by atoms with E-state index in [2.05, 4.69) is 25.6 Å². The first-order valence-electron chi connectivity index (χ1n) is 12.8. The molecule has 0 aliphatic heterocycles. The highest BCUT2D eigenvalue weighted by molar-refractivity contribution is 5.87. The molecule has 0 N–H and O–H groups in total. The minimum atomic E-state index is -0.403. The zero-order chi connectivity index (χ0) is 26.3. The van der Waals surface area contributed by atoms with Gasteiger partial charge in [0.15, 0.2) is 0 Å². The number of fused-ring (bicyclic) bond motifs is 1. The van der Waals surface area contributed by atoms with Crippen molar-refractivity contribution in [3.05, 3.63) is 76.2 Å². The van der Waals surface area contributed by atoms with Gasteiger partial charge in [0, 0.05) is 22.4 Å². The molecule has 0 saturated carbocycles. The Morgan fingerprint density at radius 2 is 1.81 bits per heavy atom. The summed E-state index contributed by atoms with van der Waals surface area (Å²) in [5, 5.41) is 0.831. The van der Waals surface area contributed by atoms with Crippen molar-refractivity contribution in [1.82, 2.24) is 0 Å². The summed E-state index contributed by atoms with van der Waals surface area (Å²) in [5.41, 5.74) is 3.95. The molecule has 5 heteroatoms. The molecule has 1 aromatic heterocycles. The van der Waals surface area contributed by atoms with E-state index < -0.39 is 5.97 Å². The van der Waals surface area contributed by atoms with E-state index in [1.165, 1.54) is 24.8 Å². The number of benzene rings is 2. The molecule has 1 atom stereocenters. The Morgan fingerprint density at radius 1 is 1.03 bits per heavy atom. The van der Waals surface area contributed by atoms with Crippen molar-refractivity contribution in [3.8, 4) is 16.9 Å². The second-order valence-corrected chi connectivity index (χ2v) is 10.1. The average Bonchev–Trinajstić information content (AvgIpc) is 2.86. The van der Waals surface area contributed by atoms with Gasteiger partial charge in [-0.1, -0.05) is 58.4 Å². The van der Waals surface area contributed by atoms with E-state index in [4.69, 9.17) is 13.9 Å². The van der Waals surface area contributed by atoms with Gasteiger partial charge < -0.3 is 13.9 Å². The van der Waals surface area contributed by atoms with Crippen LogP contribution in [0.5, 0.6) is 5.75 Å². The lowest BCUT2D eigenvalue weighted by atomic mass is 9.90. The molecule has 0 aliphatic rings. The van der Waals surface area contributed by atoms with Gasteiger partial charge >= 0.3 is 11.6 Å². The molecule has 1 heterocycles. The van der Waals surface area contributed by atoms with Gasteiger partial charge in [0.05, 0.1) is 12.2 Å². The van der Waals surface area contributed by atoms with Gasteiger partial charge in [-0.15, -0.1) is 0 Å². The van der Waals surface area contributed by atoms with Gasteiger partial charge in [-0.05, 0) is 68.0 Å². The Labute approximate surface area is 214 Å². The van der Waals surface area contributed by atoms with Crippen molar-refractivity contribution in [2.24, 2.45) is 5.41 Å². The zero-order valence-corrected chi connectivity index (χ0v) is 22.2. The highest BCUT2D eigenvalue weighted by Crippen LogP contribution is 2.29. The first kappa shape index (κ1) is 27.3. The van der Waals surface area contributed by atoms with Crippen LogP contribution in [0.4, 0.5) is 0 Å². The second kappa shape index (κ2) is 12.1. The fourth-order valence-corrected chi connectivity index (χ4v) is 4.00. The van der Waals surface area contributed by atoms with Crippen molar-refractivity contribution < 1.29 is 18.7 Å². The molecule has 5 nitrogen and oxygen atoms in total. The zero-order valence-electron chi connectivity index (χ0n) is 22.2. The van der Waals surface area contributed by atoms with E-state index >= 15 is 0 Å². The smallest absolute Gasteiger partial charge is 0.344 e. The van der Waals surface area contributed by atoms with Crippen molar-refractivity contribution in [1.29, 1.82) is 0 Å². The number of unbranched alkanes of at least 4 members (excludes halogenated alkanes) is 2. The summed E-state index contributed by atoms with van der Waals surface area (Å²) in [6.07, 6.45) is 5.41. The van der Waals surface area contributed by atoms with Crippen LogP contribution in [0, 0.1) is 12.3 Å². The molecule has 3 rings (SSSR count). The van der Waals surface area contributed by atoms with E-state index in [1.807, 2.05) is 45.0 Å². The topological polar surface area (TPSA) is 65.7 Å². The minimum absolute atomic E-state index is 0.234. The molecule has 1 unspecified atom stereocenters. The standard InChI is InChI=1S/C31H38O5/c1-7-9-10-11-23-12-15-26(22(5)16-23)27-17-24-13-14-25(18-28(24)36-30(27)33)34-19-31(6,8-2)20-35-29(32)21(3)4/h12-18H,3,7-11,19-20H2,1-2,4-6H3. The van der Waals surface area contributed by atoms with Gasteiger partial charge in [0.1, 0.15) is 17.9 Å². The van der Waals surface area contributed by atoms with Crippen molar-refractivity contribution in [3.63, 3.8) is 0 Å². The first-order chi connectivity index (χ1) is 17.2. The van der Waals surface area contributed by atoms with E-state index in [-0.39, 0.29) is 17.6 Å². The summed E-state index contributed by atoms with van der Waals surface area (Å²) in [5.74, 6) is 0.191. The number of ether oxygens (including phenoxy) is 2. The molecule has 192 valence electrons. The van der Waals surface area contributed by atoms with Crippen LogP contribution in [0.25, 0.3) is 22.1 Å². The maximum Gasteiger partial charge on any atom is 0.344 e. The maximum absolute atomic E-state index is 12.9. The summed E-state index contributed by atoms with van der Waals surface area (Å²) in [6.45, 7) is 14.1. The Hall–Kier alpha value is -3.34. The van der Waals surface area contributed by atoms with Crippen LogP contribution in [-0.4, -0.2) is 19.2 Å². The fourth-order valence-electron chi connectivity index (χ4n) is 4.00. The Balaban J connectivity index is 1.76. The van der Waals surface area contributed by atoms with Gasteiger partial charge in [0.2, 0.25) is 0 Å². The molecular weight excluding hydrogens is 452 g/mol. The van der Waals surface area contributed by atoms with E-state index in [0.717, 1.165) is 29.4 Å². The number of esters is 1. The lowest BCUT2D eigenvalue weighted by Crippen LogP contribution is -2.31. The van der Waals surface area contributed by atoms with Crippen molar-refractivity contribution in [2.45, 2.75) is 66.7 Å². The van der Waals surface area contributed by atoms with Crippen LogP contribution in [0.1, 0.15) is 64.5 Å². The third-order valence-corrected chi connectivity index (χ3v) is 6.70. The number of hydrogen-bond donors (Lipinski definition) is 0. The van der Waals surface area contributed by atoms with Gasteiger partial charge in [-0.3, -0.25) is 0 Å². The van der Waals surface area contributed by atoms with Gasteiger partial charge in [-0.25, -0.2) is 9.59 Å². The molecule has 0 bridgehead atoms. The number of carbonyl (C=O) groups excluding carboxylic acids is 1. The lowest BCUT2D eigenvalue weighted by Gasteiger charge is -2.27. The Bertz CT molecular complexity index is 1290. The lowest BCUT2D eigenvalue weighted by molar-refractivity contribution is -0.143. The fraction of sp³-hybridized carbons (Fsp3) is 0.419. The van der Waals surface area contributed by atoms with E-state index in [9.17, 15) is 9.59 Å². The number of rotatable bonds is 12. The highest BCUT2D eigenvalue weighted by atomic mass is 16.5. The van der Waals surface area contributed by atoms with E-state index in [0.29, 0.717) is 29.1 Å². The first-order valence-corrected chi connectivity index (χ1v) is 12.8. The summed E-state index contributed by atoms with van der Waals surface area (Å²) in [4.78, 5) is 24.7. The average molecular weight is 491 g/mol. The van der Waals surface area contributed by atoms with Crippen LogP contribution < -0.4 is 10.4 Å². The molecule has 0 spiro atoms. The van der Waals surface area contributed by atoms with Crippen LogP contribution in [0.3, 0.4) is 0 Å². The van der Waals surface area contributed by atoms with Crippen molar-refractivity contribution >= 4 is 16.9 Å². The molecular formula is C31H38O5. The van der Waals surface area contributed by atoms with Crippen LogP contribution in [-0.2, 0) is 16.0 Å². The van der Waals surface area contributed by atoms with Crippen LogP contribution >= 0.6 is 0 Å². The molecule has 3 aromatic rings. The quantitative estimate of drug-likeness (QED) is 0.114. The monoisotopic (exact) mass is 490 g/mol. The molecule has 0 radical (unpaired) electrons. The normalized spacial score (nSPS) is 12.8. The molecule has 36 heavy (non-hydrogen) atoms. The van der Waals surface area contributed by atoms with Gasteiger partial charge in [-0.2, -0.15) is 0 Å². The maximum atomic E-state index is 12.9. The Morgan fingerprint density at radius 3 is 2.47 bits per heavy atom. The third kappa shape index (κ3) is 6.87. The van der Waals surface area contributed by atoms with Crippen LogP contribution in [0.2, 0.25) is 0 Å². The minimum Gasteiger partial charge on any atom is -0.493 e. The largest absolute Gasteiger partial charge is 0.493 e. The summed E-state index contributed by atoms with van der Waals surface area (Å²) in [6, 6.07) is 13.7. The molecule has 2 aromatic carbocycles. The predicted octanol–water partition coefficient (Wildman–Crippen LogP) is 7.42. The summed E-state index contributed by atoms with van der Waals surface area (Å²) >= 11 is 0. The van der Waals surface area contributed by atoms with Crippen molar-refractivity contribution in [2.75, 3.05) is 13.2 Å². The number of hydrogen-bond acceptors (Lipinski definition) is 5. The predicted molar refractivity (Wildman–Crippen MR) is 146 cm³/mol.